The van der Waals surface area contributed by atoms with Crippen LogP contribution in [0.3, 0.4) is 0 Å². The summed E-state index contributed by atoms with van der Waals surface area (Å²) in [5.74, 6) is -0.714. The van der Waals surface area contributed by atoms with E-state index in [1.807, 2.05) is 25.1 Å². The van der Waals surface area contributed by atoms with Crippen molar-refractivity contribution < 1.29 is 23.7 Å². The lowest BCUT2D eigenvalue weighted by molar-refractivity contribution is -0.189. The number of rotatable bonds is 10. The standard InChI is InChI=1S/C19H17Cl2N3O3.C15H17Cl2N3O2/c1-13-9-25-19(27-13,10-24-12-22-11-23-24)17-7-6-16(8-18(17)21)26-15-4-2-14(20)3-5-15;1-2-3-12-7-21-15(22-12,8-20-10-18-9-19-20)13-5-4-11(16)6-14(13)17/h2-8,11-13H,9-10H2,1H3;4-6,9-10,12H,2-3,7-8H2,1H3. The topological polar surface area (TPSA) is 108 Å². The van der Waals surface area contributed by atoms with Gasteiger partial charge in [0.25, 0.3) is 0 Å². The van der Waals surface area contributed by atoms with Gasteiger partial charge in [0.2, 0.25) is 11.6 Å². The molecule has 0 aliphatic carbocycles. The molecule has 258 valence electrons. The van der Waals surface area contributed by atoms with Crippen molar-refractivity contribution >= 4 is 46.4 Å². The Morgan fingerprint density at radius 1 is 0.735 bits per heavy atom. The second-order valence-corrected chi connectivity index (χ2v) is 13.3. The van der Waals surface area contributed by atoms with Gasteiger partial charge in [0.15, 0.2) is 0 Å². The Balaban J connectivity index is 0.000000174. The Labute approximate surface area is 303 Å². The van der Waals surface area contributed by atoms with Crippen LogP contribution in [0, 0.1) is 0 Å². The molecule has 4 heterocycles. The lowest BCUT2D eigenvalue weighted by Crippen LogP contribution is -2.34. The quantitative estimate of drug-likeness (QED) is 0.139. The third kappa shape index (κ3) is 8.56. The van der Waals surface area contributed by atoms with Crippen molar-refractivity contribution in [3.05, 3.63) is 117 Å². The molecule has 0 amide bonds. The monoisotopic (exact) mass is 746 g/mol. The van der Waals surface area contributed by atoms with Crippen molar-refractivity contribution in [2.75, 3.05) is 13.2 Å². The van der Waals surface area contributed by atoms with Crippen LogP contribution in [0.5, 0.6) is 11.5 Å². The van der Waals surface area contributed by atoms with E-state index < -0.39 is 11.6 Å². The van der Waals surface area contributed by atoms with Crippen LogP contribution in [0.2, 0.25) is 20.1 Å². The largest absolute Gasteiger partial charge is 0.457 e. The molecule has 2 saturated heterocycles. The normalized spacial score (nSPS) is 23.3. The van der Waals surface area contributed by atoms with E-state index in [2.05, 4.69) is 27.1 Å². The molecular weight excluding hydrogens is 714 g/mol. The first-order valence-electron chi connectivity index (χ1n) is 15.6. The summed E-state index contributed by atoms with van der Waals surface area (Å²) in [6, 6.07) is 17.9. The highest BCUT2D eigenvalue weighted by atomic mass is 35.5. The molecule has 4 unspecified atom stereocenters. The van der Waals surface area contributed by atoms with Gasteiger partial charge in [-0.2, -0.15) is 10.2 Å². The molecule has 49 heavy (non-hydrogen) atoms. The molecule has 0 bridgehead atoms. The molecule has 2 fully saturated rings. The lowest BCUT2D eigenvalue weighted by atomic mass is 10.1. The first-order chi connectivity index (χ1) is 23.7. The van der Waals surface area contributed by atoms with E-state index in [1.54, 1.807) is 64.5 Å². The molecule has 2 aliphatic heterocycles. The summed E-state index contributed by atoms with van der Waals surface area (Å²) >= 11 is 24.8. The zero-order valence-corrected chi connectivity index (χ0v) is 29.7. The van der Waals surface area contributed by atoms with Gasteiger partial charge in [-0.05, 0) is 67.9 Å². The van der Waals surface area contributed by atoms with Crippen LogP contribution in [-0.4, -0.2) is 55.0 Å². The fraction of sp³-hybridized carbons (Fsp3) is 0.353. The van der Waals surface area contributed by atoms with Crippen LogP contribution in [0.25, 0.3) is 0 Å². The van der Waals surface area contributed by atoms with Crippen LogP contribution in [0.4, 0.5) is 0 Å². The molecule has 0 radical (unpaired) electrons. The minimum atomic E-state index is -1.02. The van der Waals surface area contributed by atoms with E-state index in [0.29, 0.717) is 63.5 Å². The van der Waals surface area contributed by atoms with Crippen LogP contribution in [0.15, 0.2) is 86.0 Å². The highest BCUT2D eigenvalue weighted by molar-refractivity contribution is 6.35. The summed E-state index contributed by atoms with van der Waals surface area (Å²) in [6.45, 7) is 5.80. The smallest absolute Gasteiger partial charge is 0.217 e. The van der Waals surface area contributed by atoms with Gasteiger partial charge < -0.3 is 23.7 Å². The molecule has 11 nitrogen and oxygen atoms in total. The zero-order chi connectivity index (χ0) is 34.4. The van der Waals surface area contributed by atoms with Crippen molar-refractivity contribution in [2.45, 2.75) is 63.6 Å². The molecule has 0 N–H and O–H groups in total. The number of nitrogens with zero attached hydrogens (tertiary/aromatic N) is 6. The average molecular weight is 748 g/mol. The molecular formula is C34H34Cl4N6O5. The summed E-state index contributed by atoms with van der Waals surface area (Å²) in [6.07, 6.45) is 8.14. The molecule has 7 rings (SSSR count). The van der Waals surface area contributed by atoms with Gasteiger partial charge in [-0.25, -0.2) is 19.3 Å². The van der Waals surface area contributed by atoms with Crippen LogP contribution in [-0.2, 0) is 43.6 Å². The van der Waals surface area contributed by atoms with Crippen molar-refractivity contribution in [3.8, 4) is 11.5 Å². The second-order valence-electron chi connectivity index (χ2n) is 11.6. The van der Waals surface area contributed by atoms with Gasteiger partial charge in [0.1, 0.15) is 49.9 Å². The number of aromatic nitrogens is 6. The predicted molar refractivity (Wildman–Crippen MR) is 185 cm³/mol. The minimum Gasteiger partial charge on any atom is -0.457 e. The summed E-state index contributed by atoms with van der Waals surface area (Å²) in [7, 11) is 0. The van der Waals surface area contributed by atoms with E-state index in [-0.39, 0.29) is 12.2 Å². The third-order valence-corrected chi connectivity index (χ3v) is 8.94. The number of halogens is 4. The van der Waals surface area contributed by atoms with Gasteiger partial charge in [0.05, 0.1) is 35.5 Å². The number of ether oxygens (including phenoxy) is 5. The summed E-state index contributed by atoms with van der Waals surface area (Å²) in [4.78, 5) is 7.94. The number of hydrogen-bond acceptors (Lipinski definition) is 9. The second kappa shape index (κ2) is 15.7. The van der Waals surface area contributed by atoms with Gasteiger partial charge in [-0.1, -0.05) is 65.8 Å². The fourth-order valence-electron chi connectivity index (χ4n) is 5.65. The van der Waals surface area contributed by atoms with Crippen LogP contribution >= 0.6 is 46.4 Å². The molecule has 5 aromatic rings. The lowest BCUT2D eigenvalue weighted by Gasteiger charge is -2.29. The van der Waals surface area contributed by atoms with E-state index >= 15 is 0 Å². The highest BCUT2D eigenvalue weighted by Gasteiger charge is 2.46. The van der Waals surface area contributed by atoms with Gasteiger partial charge in [-0.15, -0.1) is 0 Å². The molecule has 4 atom stereocenters. The molecule has 0 spiro atoms. The Morgan fingerprint density at radius 2 is 1.31 bits per heavy atom. The maximum absolute atomic E-state index is 6.57. The Kier molecular flexibility index (Phi) is 11.4. The van der Waals surface area contributed by atoms with E-state index in [1.165, 1.54) is 12.7 Å². The predicted octanol–water partition coefficient (Wildman–Crippen LogP) is 8.32. The first-order valence-corrected chi connectivity index (χ1v) is 17.2. The van der Waals surface area contributed by atoms with E-state index in [4.69, 9.17) is 70.1 Å². The first kappa shape index (κ1) is 35.6. The molecule has 3 aromatic carbocycles. The molecule has 15 heteroatoms. The Morgan fingerprint density at radius 3 is 1.86 bits per heavy atom. The van der Waals surface area contributed by atoms with E-state index in [0.717, 1.165) is 18.4 Å². The SMILES string of the molecule is CC1COC(Cn2cncn2)(c2ccc(Oc3ccc(Cl)cc3)cc2Cl)O1.CCCC1COC(Cn2cncn2)(c2ccc(Cl)cc2Cl)O1. The van der Waals surface area contributed by atoms with Crippen LogP contribution in [0.1, 0.15) is 37.8 Å². The van der Waals surface area contributed by atoms with Crippen molar-refractivity contribution in [2.24, 2.45) is 0 Å². The minimum absolute atomic E-state index is 0.0419. The summed E-state index contributed by atoms with van der Waals surface area (Å²) < 4.78 is 33.6. The maximum atomic E-state index is 6.57. The van der Waals surface area contributed by atoms with Gasteiger partial charge >= 0.3 is 0 Å². The highest BCUT2D eigenvalue weighted by Crippen LogP contribution is 2.42. The third-order valence-electron chi connectivity index (χ3n) is 7.83. The summed E-state index contributed by atoms with van der Waals surface area (Å²) in [5, 5.41) is 10.5. The maximum Gasteiger partial charge on any atom is 0.217 e. The average Bonchev–Trinajstić information content (AvgIpc) is 3.90. The van der Waals surface area contributed by atoms with Crippen LogP contribution < -0.4 is 4.74 Å². The molecule has 0 saturated carbocycles. The molecule has 2 aliphatic rings. The summed E-state index contributed by atoms with van der Waals surface area (Å²) in [5.41, 5.74) is 1.47. The number of benzene rings is 3. The van der Waals surface area contributed by atoms with E-state index in [9.17, 15) is 0 Å². The molecule has 2 aromatic heterocycles. The van der Waals surface area contributed by atoms with Crippen molar-refractivity contribution in [3.63, 3.8) is 0 Å². The Bertz CT molecular complexity index is 1810. The fourth-order valence-corrected chi connectivity index (χ4v) is 6.65. The Hall–Kier alpha value is -3.26. The van der Waals surface area contributed by atoms with Crippen molar-refractivity contribution in [1.82, 2.24) is 29.5 Å². The van der Waals surface area contributed by atoms with Gasteiger partial charge in [0, 0.05) is 21.2 Å². The number of hydrogen-bond donors (Lipinski definition) is 0. The van der Waals surface area contributed by atoms with Crippen molar-refractivity contribution in [1.29, 1.82) is 0 Å². The zero-order valence-electron chi connectivity index (χ0n) is 26.7. The van der Waals surface area contributed by atoms with Gasteiger partial charge in [-0.3, -0.25) is 0 Å².